The molecule has 0 radical (unpaired) electrons. The van der Waals surface area contributed by atoms with Crippen LogP contribution in [0.15, 0.2) is 4.99 Å². The zero-order chi connectivity index (χ0) is 12.7. The van der Waals surface area contributed by atoms with Crippen LogP contribution in [0.4, 0.5) is 0 Å². The van der Waals surface area contributed by atoms with Crippen molar-refractivity contribution in [2.24, 2.45) is 10.9 Å². The van der Waals surface area contributed by atoms with Gasteiger partial charge in [0.15, 0.2) is 5.96 Å². The molecule has 4 heteroatoms. The molecule has 0 atom stereocenters. The predicted octanol–water partition coefficient (Wildman–Crippen LogP) is 2.48. The Balaban J connectivity index is 2.30. The van der Waals surface area contributed by atoms with Crippen LogP contribution in [0, 0.1) is 5.92 Å². The van der Waals surface area contributed by atoms with Gasteiger partial charge in [-0.05, 0) is 39.4 Å². The third-order valence-electron chi connectivity index (χ3n) is 3.06. The van der Waals surface area contributed by atoms with Crippen LogP contribution in [0.25, 0.3) is 0 Å². The van der Waals surface area contributed by atoms with Gasteiger partial charge >= 0.3 is 0 Å². The fourth-order valence-corrected chi connectivity index (χ4v) is 1.67. The minimum atomic E-state index is 0.221. The number of nitrogens with zero attached hydrogens (tertiary/aromatic N) is 1. The van der Waals surface area contributed by atoms with Gasteiger partial charge in [-0.1, -0.05) is 12.8 Å². The van der Waals surface area contributed by atoms with Gasteiger partial charge in [-0.3, -0.25) is 4.99 Å². The number of aliphatic imine (C=N–C) groups is 1. The van der Waals surface area contributed by atoms with E-state index in [0.717, 1.165) is 31.5 Å². The van der Waals surface area contributed by atoms with Gasteiger partial charge in [0, 0.05) is 17.8 Å². The maximum absolute atomic E-state index is 4.65. The zero-order valence-electron chi connectivity index (χ0n) is 11.7. The van der Waals surface area contributed by atoms with Crippen molar-refractivity contribution >= 4 is 17.7 Å². The molecule has 0 spiro atoms. The third kappa shape index (κ3) is 6.81. The molecule has 1 rings (SSSR count). The summed E-state index contributed by atoms with van der Waals surface area (Å²) < 4.78 is 0.221. The fourth-order valence-electron chi connectivity index (χ4n) is 1.48. The fraction of sp³-hybridized carbons (Fsp3) is 0.923. The van der Waals surface area contributed by atoms with Crippen molar-refractivity contribution in [3.05, 3.63) is 0 Å². The molecule has 17 heavy (non-hydrogen) atoms. The van der Waals surface area contributed by atoms with E-state index in [-0.39, 0.29) is 4.75 Å². The SMILES string of the molecule is CCNC(=NCC(C)(C)SC)NCCC1CC1. The minimum absolute atomic E-state index is 0.221. The van der Waals surface area contributed by atoms with Crippen molar-refractivity contribution in [2.45, 2.75) is 44.8 Å². The smallest absolute Gasteiger partial charge is 0.191 e. The molecule has 1 aliphatic carbocycles. The summed E-state index contributed by atoms with van der Waals surface area (Å²) in [5.74, 6) is 1.95. The van der Waals surface area contributed by atoms with Crippen LogP contribution >= 0.6 is 11.8 Å². The molecule has 100 valence electrons. The topological polar surface area (TPSA) is 36.4 Å². The molecule has 2 N–H and O–H groups in total. The molecule has 1 fully saturated rings. The molecule has 1 saturated carbocycles. The van der Waals surface area contributed by atoms with Crippen LogP contribution in [-0.4, -0.2) is 36.6 Å². The van der Waals surface area contributed by atoms with E-state index in [0.29, 0.717) is 0 Å². The molecule has 0 bridgehead atoms. The minimum Gasteiger partial charge on any atom is -0.357 e. The number of hydrogen-bond acceptors (Lipinski definition) is 2. The van der Waals surface area contributed by atoms with E-state index in [1.807, 2.05) is 11.8 Å². The monoisotopic (exact) mass is 257 g/mol. The Hall–Kier alpha value is -0.380. The summed E-state index contributed by atoms with van der Waals surface area (Å²) in [5.41, 5.74) is 0. The van der Waals surface area contributed by atoms with Crippen LogP contribution in [0.3, 0.4) is 0 Å². The molecular formula is C13H27N3S. The lowest BCUT2D eigenvalue weighted by Crippen LogP contribution is -2.39. The van der Waals surface area contributed by atoms with Crippen molar-refractivity contribution in [1.82, 2.24) is 10.6 Å². The molecule has 0 heterocycles. The molecule has 0 amide bonds. The molecule has 0 aromatic rings. The predicted molar refractivity (Wildman–Crippen MR) is 78.9 cm³/mol. The van der Waals surface area contributed by atoms with Crippen molar-refractivity contribution in [2.75, 3.05) is 25.9 Å². The average molecular weight is 257 g/mol. The van der Waals surface area contributed by atoms with Crippen molar-refractivity contribution in [3.63, 3.8) is 0 Å². The zero-order valence-corrected chi connectivity index (χ0v) is 12.5. The van der Waals surface area contributed by atoms with E-state index >= 15 is 0 Å². The first-order valence-corrected chi connectivity index (χ1v) is 7.87. The van der Waals surface area contributed by atoms with Crippen molar-refractivity contribution < 1.29 is 0 Å². The Bertz CT molecular complexity index is 247. The molecule has 0 aromatic heterocycles. The van der Waals surface area contributed by atoms with Crippen LogP contribution in [-0.2, 0) is 0 Å². The summed E-state index contributed by atoms with van der Waals surface area (Å²) in [5, 5.41) is 6.72. The van der Waals surface area contributed by atoms with Gasteiger partial charge in [0.25, 0.3) is 0 Å². The lowest BCUT2D eigenvalue weighted by Gasteiger charge is -2.20. The first kappa shape index (κ1) is 14.7. The van der Waals surface area contributed by atoms with E-state index in [2.05, 4.69) is 42.7 Å². The van der Waals surface area contributed by atoms with Gasteiger partial charge in [0.1, 0.15) is 0 Å². The van der Waals surface area contributed by atoms with Crippen molar-refractivity contribution in [3.8, 4) is 0 Å². The van der Waals surface area contributed by atoms with Crippen LogP contribution in [0.1, 0.15) is 40.0 Å². The highest BCUT2D eigenvalue weighted by molar-refractivity contribution is 7.99. The summed E-state index contributed by atoms with van der Waals surface area (Å²) >= 11 is 1.86. The second kappa shape index (κ2) is 7.14. The van der Waals surface area contributed by atoms with Gasteiger partial charge in [0.2, 0.25) is 0 Å². The average Bonchev–Trinajstić information content (AvgIpc) is 3.10. The summed E-state index contributed by atoms with van der Waals surface area (Å²) in [6, 6.07) is 0. The lowest BCUT2D eigenvalue weighted by atomic mass is 10.2. The van der Waals surface area contributed by atoms with Gasteiger partial charge in [-0.25, -0.2) is 0 Å². The lowest BCUT2D eigenvalue weighted by molar-refractivity contribution is 0.674. The van der Waals surface area contributed by atoms with Gasteiger partial charge < -0.3 is 10.6 Å². The Morgan fingerprint density at radius 3 is 2.59 bits per heavy atom. The quantitative estimate of drug-likeness (QED) is 0.543. The maximum atomic E-state index is 4.65. The highest BCUT2D eigenvalue weighted by Gasteiger charge is 2.20. The van der Waals surface area contributed by atoms with Crippen molar-refractivity contribution in [1.29, 1.82) is 0 Å². The van der Waals surface area contributed by atoms with Crippen LogP contribution < -0.4 is 10.6 Å². The van der Waals surface area contributed by atoms with E-state index in [1.54, 1.807) is 0 Å². The summed E-state index contributed by atoms with van der Waals surface area (Å²) in [6.45, 7) is 9.40. The number of guanidine groups is 1. The number of nitrogens with one attached hydrogen (secondary N) is 2. The molecule has 1 aliphatic rings. The van der Waals surface area contributed by atoms with Gasteiger partial charge in [0.05, 0.1) is 6.54 Å². The first-order chi connectivity index (χ1) is 8.07. The Morgan fingerprint density at radius 1 is 1.35 bits per heavy atom. The van der Waals surface area contributed by atoms with Crippen LogP contribution in [0.5, 0.6) is 0 Å². The Morgan fingerprint density at radius 2 is 2.06 bits per heavy atom. The number of thioether (sulfide) groups is 1. The largest absolute Gasteiger partial charge is 0.357 e. The number of hydrogen-bond donors (Lipinski definition) is 2. The van der Waals surface area contributed by atoms with Gasteiger partial charge in [-0.15, -0.1) is 0 Å². The highest BCUT2D eigenvalue weighted by atomic mass is 32.2. The summed E-state index contributed by atoms with van der Waals surface area (Å²) in [4.78, 5) is 4.65. The molecular weight excluding hydrogens is 230 g/mol. The molecule has 0 aliphatic heterocycles. The Kier molecular flexibility index (Phi) is 6.17. The maximum Gasteiger partial charge on any atom is 0.191 e. The van der Waals surface area contributed by atoms with E-state index < -0.39 is 0 Å². The molecule has 0 unspecified atom stereocenters. The first-order valence-electron chi connectivity index (χ1n) is 6.64. The second-order valence-electron chi connectivity index (χ2n) is 5.32. The van der Waals surface area contributed by atoms with E-state index in [4.69, 9.17) is 0 Å². The summed E-state index contributed by atoms with van der Waals surface area (Å²) in [6.07, 6.45) is 6.28. The Labute approximate surface area is 110 Å². The molecule has 3 nitrogen and oxygen atoms in total. The normalized spacial score (nSPS) is 17.1. The standard InChI is InChI=1S/C13H27N3S/c1-5-14-12(15-9-8-11-6-7-11)16-10-13(2,3)17-4/h11H,5-10H2,1-4H3,(H2,14,15,16). The number of rotatable bonds is 7. The third-order valence-corrected chi connectivity index (χ3v) is 4.29. The van der Waals surface area contributed by atoms with E-state index in [9.17, 15) is 0 Å². The van der Waals surface area contributed by atoms with Gasteiger partial charge in [-0.2, -0.15) is 11.8 Å². The van der Waals surface area contributed by atoms with Crippen LogP contribution in [0.2, 0.25) is 0 Å². The van der Waals surface area contributed by atoms with E-state index in [1.165, 1.54) is 19.3 Å². The second-order valence-corrected chi connectivity index (χ2v) is 6.83. The molecule has 0 aromatic carbocycles. The molecule has 0 saturated heterocycles. The summed E-state index contributed by atoms with van der Waals surface area (Å²) in [7, 11) is 0. The highest BCUT2D eigenvalue weighted by Crippen LogP contribution is 2.31.